The Bertz CT molecular complexity index is 461. The highest BCUT2D eigenvalue weighted by atomic mass is 16.7. The van der Waals surface area contributed by atoms with E-state index < -0.39 is 5.97 Å². The van der Waals surface area contributed by atoms with E-state index in [-0.39, 0.29) is 19.2 Å². The van der Waals surface area contributed by atoms with E-state index in [1.807, 2.05) is 0 Å². The van der Waals surface area contributed by atoms with E-state index in [1.54, 1.807) is 31.2 Å². The topological polar surface area (TPSA) is 61.8 Å². The van der Waals surface area contributed by atoms with Gasteiger partial charge in [0, 0.05) is 5.57 Å². The van der Waals surface area contributed by atoms with Gasteiger partial charge < -0.3 is 14.2 Å². The molecule has 102 valence electrons. The lowest BCUT2D eigenvalue weighted by molar-refractivity contribution is -0.145. The summed E-state index contributed by atoms with van der Waals surface area (Å²) in [7, 11) is 1.34. The molecule has 0 N–H and O–H groups in total. The summed E-state index contributed by atoms with van der Waals surface area (Å²) < 4.78 is 14.6. The van der Waals surface area contributed by atoms with Crippen LogP contribution in [0.4, 0.5) is 0 Å². The van der Waals surface area contributed by atoms with Gasteiger partial charge in [-0.05, 0) is 24.6 Å². The summed E-state index contributed by atoms with van der Waals surface area (Å²) >= 11 is 0. The maximum Gasteiger partial charge on any atom is 0.335 e. The third kappa shape index (κ3) is 5.25. The van der Waals surface area contributed by atoms with Gasteiger partial charge in [-0.3, -0.25) is 4.79 Å². The molecule has 0 aliphatic carbocycles. The molecule has 1 aromatic rings. The summed E-state index contributed by atoms with van der Waals surface area (Å²) in [6.07, 6.45) is 0.210. The van der Waals surface area contributed by atoms with Crippen molar-refractivity contribution in [1.82, 2.24) is 0 Å². The van der Waals surface area contributed by atoms with E-state index in [2.05, 4.69) is 11.3 Å². The SMILES string of the molecule is C=C(C)C(=O)OCOc1ccc(CC(=O)OC)cc1. The summed E-state index contributed by atoms with van der Waals surface area (Å²) in [6, 6.07) is 6.86. The Morgan fingerprint density at radius 2 is 1.84 bits per heavy atom. The van der Waals surface area contributed by atoms with Crippen LogP contribution in [0.15, 0.2) is 36.4 Å². The second-order valence-corrected chi connectivity index (χ2v) is 3.87. The van der Waals surface area contributed by atoms with Crippen LogP contribution < -0.4 is 4.74 Å². The number of hydrogen-bond donors (Lipinski definition) is 0. The highest BCUT2D eigenvalue weighted by Crippen LogP contribution is 2.13. The minimum Gasteiger partial charge on any atom is -0.469 e. The number of carbonyl (C=O) groups excluding carboxylic acids is 2. The van der Waals surface area contributed by atoms with Crippen molar-refractivity contribution in [1.29, 1.82) is 0 Å². The molecule has 1 rings (SSSR count). The summed E-state index contributed by atoms with van der Waals surface area (Å²) in [6.45, 7) is 4.84. The monoisotopic (exact) mass is 264 g/mol. The molecule has 0 saturated heterocycles. The van der Waals surface area contributed by atoms with E-state index in [0.717, 1.165) is 5.56 Å². The number of methoxy groups -OCH3 is 1. The number of carbonyl (C=O) groups is 2. The van der Waals surface area contributed by atoms with Gasteiger partial charge >= 0.3 is 11.9 Å². The first-order chi connectivity index (χ1) is 9.02. The Balaban J connectivity index is 2.42. The maximum atomic E-state index is 11.1. The molecular weight excluding hydrogens is 248 g/mol. The normalized spacial score (nSPS) is 9.58. The molecule has 5 nitrogen and oxygen atoms in total. The van der Waals surface area contributed by atoms with Gasteiger partial charge in [0.25, 0.3) is 0 Å². The fourth-order valence-corrected chi connectivity index (χ4v) is 1.22. The lowest BCUT2D eigenvalue weighted by atomic mass is 10.1. The molecule has 0 aliphatic rings. The van der Waals surface area contributed by atoms with Crippen LogP contribution in [0.25, 0.3) is 0 Å². The average molecular weight is 264 g/mol. The highest BCUT2D eigenvalue weighted by molar-refractivity contribution is 5.86. The van der Waals surface area contributed by atoms with Gasteiger partial charge in [0.2, 0.25) is 6.79 Å². The largest absolute Gasteiger partial charge is 0.469 e. The van der Waals surface area contributed by atoms with E-state index in [0.29, 0.717) is 11.3 Å². The smallest absolute Gasteiger partial charge is 0.335 e. The molecule has 0 heterocycles. The lowest BCUT2D eigenvalue weighted by Gasteiger charge is -2.07. The van der Waals surface area contributed by atoms with E-state index in [9.17, 15) is 9.59 Å². The predicted molar refractivity (Wildman–Crippen MR) is 68.6 cm³/mol. The Hall–Kier alpha value is -2.30. The zero-order valence-corrected chi connectivity index (χ0v) is 11.0. The van der Waals surface area contributed by atoms with Crippen molar-refractivity contribution >= 4 is 11.9 Å². The number of esters is 2. The van der Waals surface area contributed by atoms with Crippen LogP contribution in [0.5, 0.6) is 5.75 Å². The Morgan fingerprint density at radius 3 is 2.37 bits per heavy atom. The standard InChI is InChI=1S/C14H16O5/c1-10(2)14(16)19-9-18-12-6-4-11(5-7-12)8-13(15)17-3/h4-7H,1,8-9H2,2-3H3. The molecule has 0 saturated carbocycles. The van der Waals surface area contributed by atoms with Crippen molar-refractivity contribution in [3.63, 3.8) is 0 Å². The highest BCUT2D eigenvalue weighted by Gasteiger charge is 2.04. The van der Waals surface area contributed by atoms with Crippen LogP contribution in [-0.4, -0.2) is 25.8 Å². The minimum atomic E-state index is -0.498. The average Bonchev–Trinajstić information content (AvgIpc) is 2.40. The first kappa shape index (κ1) is 14.8. The molecule has 0 bridgehead atoms. The Morgan fingerprint density at radius 1 is 1.21 bits per heavy atom. The minimum absolute atomic E-state index is 0.179. The second kappa shape index (κ2) is 7.20. The van der Waals surface area contributed by atoms with Crippen LogP contribution >= 0.6 is 0 Å². The van der Waals surface area contributed by atoms with Crippen molar-refractivity contribution in [2.24, 2.45) is 0 Å². The molecular formula is C14H16O5. The molecule has 0 amide bonds. The van der Waals surface area contributed by atoms with Crippen molar-refractivity contribution in [3.8, 4) is 5.75 Å². The van der Waals surface area contributed by atoms with E-state index in [4.69, 9.17) is 9.47 Å². The molecule has 0 aromatic heterocycles. The molecule has 0 radical (unpaired) electrons. The first-order valence-electron chi connectivity index (χ1n) is 5.64. The number of rotatable bonds is 6. The van der Waals surface area contributed by atoms with E-state index in [1.165, 1.54) is 7.11 Å². The van der Waals surface area contributed by atoms with Gasteiger partial charge in [-0.25, -0.2) is 4.79 Å². The Labute approximate surface area is 111 Å². The van der Waals surface area contributed by atoms with E-state index >= 15 is 0 Å². The fourth-order valence-electron chi connectivity index (χ4n) is 1.22. The van der Waals surface area contributed by atoms with Crippen molar-refractivity contribution in [2.45, 2.75) is 13.3 Å². The number of hydrogen-bond acceptors (Lipinski definition) is 5. The Kier molecular flexibility index (Phi) is 5.60. The van der Waals surface area contributed by atoms with Gasteiger partial charge in [-0.15, -0.1) is 0 Å². The van der Waals surface area contributed by atoms with Crippen LogP contribution in [-0.2, 0) is 25.5 Å². The van der Waals surface area contributed by atoms with Crippen molar-refractivity contribution in [3.05, 3.63) is 42.0 Å². The third-order valence-corrected chi connectivity index (χ3v) is 2.26. The predicted octanol–water partition coefficient (Wildman–Crippen LogP) is 1.86. The maximum absolute atomic E-state index is 11.1. The first-order valence-corrected chi connectivity index (χ1v) is 5.64. The number of ether oxygens (including phenoxy) is 3. The third-order valence-electron chi connectivity index (χ3n) is 2.26. The molecule has 0 fully saturated rings. The molecule has 0 unspecified atom stereocenters. The quantitative estimate of drug-likeness (QED) is 0.446. The van der Waals surface area contributed by atoms with Gasteiger partial charge in [0.05, 0.1) is 13.5 Å². The van der Waals surface area contributed by atoms with Crippen LogP contribution in [0.1, 0.15) is 12.5 Å². The van der Waals surface area contributed by atoms with Crippen LogP contribution in [0.2, 0.25) is 0 Å². The van der Waals surface area contributed by atoms with Gasteiger partial charge in [0.15, 0.2) is 0 Å². The van der Waals surface area contributed by atoms with Crippen molar-refractivity contribution < 1.29 is 23.8 Å². The van der Waals surface area contributed by atoms with Gasteiger partial charge in [-0.1, -0.05) is 18.7 Å². The van der Waals surface area contributed by atoms with Crippen LogP contribution in [0.3, 0.4) is 0 Å². The zero-order chi connectivity index (χ0) is 14.3. The van der Waals surface area contributed by atoms with Gasteiger partial charge in [-0.2, -0.15) is 0 Å². The lowest BCUT2D eigenvalue weighted by Crippen LogP contribution is -2.10. The molecule has 5 heteroatoms. The molecule has 19 heavy (non-hydrogen) atoms. The summed E-state index contributed by atoms with van der Waals surface area (Å²) in [5, 5.41) is 0. The molecule has 1 aromatic carbocycles. The molecule has 0 spiro atoms. The number of benzene rings is 1. The van der Waals surface area contributed by atoms with Gasteiger partial charge in [0.1, 0.15) is 5.75 Å². The summed E-state index contributed by atoms with van der Waals surface area (Å²) in [5.74, 6) is -0.255. The fraction of sp³-hybridized carbons (Fsp3) is 0.286. The second-order valence-electron chi connectivity index (χ2n) is 3.87. The summed E-state index contributed by atoms with van der Waals surface area (Å²) in [5.41, 5.74) is 1.13. The molecule has 0 aliphatic heterocycles. The molecule has 0 atom stereocenters. The van der Waals surface area contributed by atoms with Crippen molar-refractivity contribution in [2.75, 3.05) is 13.9 Å². The van der Waals surface area contributed by atoms with Crippen LogP contribution in [0, 0.1) is 0 Å². The summed E-state index contributed by atoms with van der Waals surface area (Å²) in [4.78, 5) is 22.1. The zero-order valence-electron chi connectivity index (χ0n) is 11.0.